The van der Waals surface area contributed by atoms with Crippen molar-refractivity contribution < 1.29 is 0 Å². The highest BCUT2D eigenvalue weighted by Crippen LogP contribution is 2.20. The first-order chi connectivity index (χ1) is 14.8. The molecule has 0 spiro atoms. The number of hydrogen-bond acceptors (Lipinski definition) is 5. The van der Waals surface area contributed by atoms with Crippen LogP contribution in [0.15, 0.2) is 57.2 Å². The van der Waals surface area contributed by atoms with Crippen molar-refractivity contribution in [3.63, 3.8) is 0 Å². The number of benzene rings is 2. The number of H-pyrrole nitrogens is 1. The molecule has 0 saturated carbocycles. The fraction of sp³-hybridized carbons (Fsp3) is 0.182. The second-order valence-corrected chi connectivity index (χ2v) is 7.74. The molecule has 4 rings (SSSR count). The van der Waals surface area contributed by atoms with Crippen LogP contribution in [0.1, 0.15) is 22.3 Å². The number of anilines is 1. The van der Waals surface area contributed by atoms with Crippen LogP contribution in [0.2, 0.25) is 5.02 Å². The minimum Gasteiger partial charge on any atom is -0.298 e. The molecule has 9 heteroatoms. The van der Waals surface area contributed by atoms with E-state index in [2.05, 4.69) is 26.6 Å². The van der Waals surface area contributed by atoms with Crippen molar-refractivity contribution in [1.82, 2.24) is 19.1 Å². The van der Waals surface area contributed by atoms with Gasteiger partial charge in [0.1, 0.15) is 0 Å². The zero-order valence-corrected chi connectivity index (χ0v) is 18.1. The fourth-order valence-electron chi connectivity index (χ4n) is 3.35. The third-order valence-corrected chi connectivity index (χ3v) is 5.46. The van der Waals surface area contributed by atoms with Crippen molar-refractivity contribution in [2.24, 2.45) is 12.1 Å². The van der Waals surface area contributed by atoms with Crippen molar-refractivity contribution in [3.8, 4) is 0 Å². The fourth-order valence-corrected chi connectivity index (χ4v) is 3.54. The van der Waals surface area contributed by atoms with Gasteiger partial charge in [-0.1, -0.05) is 53.6 Å². The van der Waals surface area contributed by atoms with Crippen LogP contribution in [0.3, 0.4) is 0 Å². The molecule has 8 nitrogen and oxygen atoms in total. The Morgan fingerprint density at radius 1 is 1.19 bits per heavy atom. The smallest absolute Gasteiger partial charge is 0.298 e. The SMILES string of the molecule is Cc1ccc(C)c(Cn2c(N/N=C/c3ccccc3Cl)nc3c2c(=O)[nH]c(=O)n3C)c1. The largest absolute Gasteiger partial charge is 0.329 e. The molecule has 2 N–H and O–H groups in total. The summed E-state index contributed by atoms with van der Waals surface area (Å²) in [5.41, 5.74) is 6.40. The van der Waals surface area contributed by atoms with Crippen LogP contribution < -0.4 is 16.7 Å². The van der Waals surface area contributed by atoms with E-state index >= 15 is 0 Å². The second-order valence-electron chi connectivity index (χ2n) is 7.33. The van der Waals surface area contributed by atoms with Gasteiger partial charge in [-0.25, -0.2) is 10.2 Å². The van der Waals surface area contributed by atoms with E-state index in [1.165, 1.54) is 4.57 Å². The zero-order chi connectivity index (χ0) is 22.1. The number of nitrogens with zero attached hydrogens (tertiary/aromatic N) is 4. The van der Waals surface area contributed by atoms with E-state index in [1.54, 1.807) is 23.9 Å². The summed E-state index contributed by atoms with van der Waals surface area (Å²) in [6.07, 6.45) is 1.58. The Balaban J connectivity index is 1.83. The summed E-state index contributed by atoms with van der Waals surface area (Å²) in [6.45, 7) is 4.41. The van der Waals surface area contributed by atoms with Crippen molar-refractivity contribution >= 4 is 34.9 Å². The molecular formula is C22H21ClN6O2. The molecule has 0 bridgehead atoms. The van der Waals surface area contributed by atoms with E-state index in [4.69, 9.17) is 11.6 Å². The molecule has 0 aliphatic rings. The van der Waals surface area contributed by atoms with Gasteiger partial charge in [0.15, 0.2) is 11.2 Å². The molecule has 0 fully saturated rings. The number of nitrogens with one attached hydrogen (secondary N) is 2. The van der Waals surface area contributed by atoms with E-state index in [0.717, 1.165) is 22.3 Å². The Bertz CT molecular complexity index is 1430. The van der Waals surface area contributed by atoms with Gasteiger partial charge < -0.3 is 0 Å². The molecule has 0 amide bonds. The van der Waals surface area contributed by atoms with E-state index in [1.807, 2.05) is 44.2 Å². The number of imidazole rings is 1. The van der Waals surface area contributed by atoms with Gasteiger partial charge in [0.05, 0.1) is 12.8 Å². The predicted molar refractivity (Wildman–Crippen MR) is 123 cm³/mol. The summed E-state index contributed by atoms with van der Waals surface area (Å²) in [6, 6.07) is 13.4. The van der Waals surface area contributed by atoms with Crippen molar-refractivity contribution in [2.75, 3.05) is 5.43 Å². The molecular weight excluding hydrogens is 416 g/mol. The number of aromatic nitrogens is 4. The van der Waals surface area contributed by atoms with Gasteiger partial charge in [-0.15, -0.1) is 0 Å². The van der Waals surface area contributed by atoms with Gasteiger partial charge in [0.25, 0.3) is 5.56 Å². The van der Waals surface area contributed by atoms with Crippen molar-refractivity contribution in [3.05, 3.63) is 90.6 Å². The van der Waals surface area contributed by atoms with Crippen LogP contribution in [0.5, 0.6) is 0 Å². The monoisotopic (exact) mass is 436 g/mol. The second kappa shape index (κ2) is 8.23. The summed E-state index contributed by atoms with van der Waals surface area (Å²) in [7, 11) is 1.56. The third kappa shape index (κ3) is 4.02. The number of halogens is 1. The Labute approximate surface area is 182 Å². The molecule has 0 aliphatic heterocycles. The molecule has 158 valence electrons. The molecule has 2 aromatic carbocycles. The third-order valence-electron chi connectivity index (χ3n) is 5.11. The van der Waals surface area contributed by atoms with Gasteiger partial charge in [-0.05, 0) is 31.0 Å². The highest BCUT2D eigenvalue weighted by atomic mass is 35.5. The van der Waals surface area contributed by atoms with E-state index < -0.39 is 11.2 Å². The number of aromatic amines is 1. The van der Waals surface area contributed by atoms with Gasteiger partial charge in [-0.3, -0.25) is 18.9 Å². The maximum Gasteiger partial charge on any atom is 0.329 e. The van der Waals surface area contributed by atoms with Gasteiger partial charge >= 0.3 is 5.69 Å². The Hall–Kier alpha value is -3.65. The molecule has 31 heavy (non-hydrogen) atoms. The van der Waals surface area contributed by atoms with Crippen LogP contribution in [0.25, 0.3) is 11.2 Å². The number of fused-ring (bicyclic) bond motifs is 1. The Morgan fingerprint density at radius 3 is 2.74 bits per heavy atom. The molecule has 4 aromatic rings. The van der Waals surface area contributed by atoms with Crippen LogP contribution in [0.4, 0.5) is 5.95 Å². The van der Waals surface area contributed by atoms with Crippen LogP contribution in [-0.4, -0.2) is 25.3 Å². The lowest BCUT2D eigenvalue weighted by molar-refractivity contribution is 0.804. The number of aryl methyl sites for hydroxylation is 3. The van der Waals surface area contributed by atoms with Crippen LogP contribution >= 0.6 is 11.6 Å². The van der Waals surface area contributed by atoms with E-state index in [0.29, 0.717) is 23.0 Å². The van der Waals surface area contributed by atoms with E-state index in [-0.39, 0.29) is 5.65 Å². The maximum atomic E-state index is 12.7. The Kier molecular flexibility index (Phi) is 5.48. The number of rotatable bonds is 5. The average Bonchev–Trinajstić information content (AvgIpc) is 3.09. The Morgan fingerprint density at radius 2 is 1.97 bits per heavy atom. The standard InChI is InChI=1S/C22H21ClN6O2/c1-13-8-9-14(2)16(10-13)12-29-18-19(28(3)22(31)26-20(18)30)25-21(29)27-24-11-15-6-4-5-7-17(15)23/h4-11H,12H2,1-3H3,(H,25,27)(H,26,30,31)/b24-11+. The van der Waals surface area contributed by atoms with E-state index in [9.17, 15) is 9.59 Å². The topological polar surface area (TPSA) is 97.1 Å². The van der Waals surface area contributed by atoms with Crippen LogP contribution in [0, 0.1) is 13.8 Å². The summed E-state index contributed by atoms with van der Waals surface area (Å²) in [5, 5.41) is 4.82. The lowest BCUT2D eigenvalue weighted by atomic mass is 10.1. The lowest BCUT2D eigenvalue weighted by Crippen LogP contribution is -2.29. The lowest BCUT2D eigenvalue weighted by Gasteiger charge is -2.11. The molecule has 0 atom stereocenters. The molecule has 2 heterocycles. The minimum absolute atomic E-state index is 0.273. The molecule has 0 unspecified atom stereocenters. The number of hydrogen-bond donors (Lipinski definition) is 2. The molecule has 2 aromatic heterocycles. The maximum absolute atomic E-state index is 12.7. The summed E-state index contributed by atoms with van der Waals surface area (Å²) in [5.74, 6) is 0.339. The average molecular weight is 437 g/mol. The molecule has 0 radical (unpaired) electrons. The first-order valence-electron chi connectivity index (χ1n) is 9.64. The van der Waals surface area contributed by atoms with Crippen molar-refractivity contribution in [2.45, 2.75) is 20.4 Å². The van der Waals surface area contributed by atoms with Crippen LogP contribution in [-0.2, 0) is 13.6 Å². The van der Waals surface area contributed by atoms with Gasteiger partial charge in [-0.2, -0.15) is 10.1 Å². The quantitative estimate of drug-likeness (QED) is 0.371. The van der Waals surface area contributed by atoms with Gasteiger partial charge in [0, 0.05) is 17.6 Å². The van der Waals surface area contributed by atoms with Crippen molar-refractivity contribution in [1.29, 1.82) is 0 Å². The zero-order valence-electron chi connectivity index (χ0n) is 17.3. The summed E-state index contributed by atoms with van der Waals surface area (Å²) >= 11 is 6.18. The molecule has 0 saturated heterocycles. The molecule has 0 aliphatic carbocycles. The van der Waals surface area contributed by atoms with Gasteiger partial charge in [0.2, 0.25) is 5.95 Å². The first kappa shape index (κ1) is 20.6. The number of hydrazone groups is 1. The minimum atomic E-state index is -0.528. The normalized spacial score (nSPS) is 11.5. The highest BCUT2D eigenvalue weighted by molar-refractivity contribution is 6.33. The first-order valence-corrected chi connectivity index (χ1v) is 10.0. The summed E-state index contributed by atoms with van der Waals surface area (Å²) < 4.78 is 3.03. The predicted octanol–water partition coefficient (Wildman–Crippen LogP) is 3.19. The summed E-state index contributed by atoms with van der Waals surface area (Å²) in [4.78, 5) is 31.5. The highest BCUT2D eigenvalue weighted by Gasteiger charge is 2.18.